The first-order valence-electron chi connectivity index (χ1n) is 7.89. The van der Waals surface area contributed by atoms with Crippen LogP contribution in [0.25, 0.3) is 0 Å². The number of nitrogens with two attached hydrogens (primary N) is 1. The normalized spacial score (nSPS) is 19.7. The largest absolute Gasteiger partial charge is 0.445 e. The van der Waals surface area contributed by atoms with E-state index in [0.717, 1.165) is 11.8 Å². The van der Waals surface area contributed by atoms with Crippen LogP contribution in [0.15, 0.2) is 24.3 Å². The molecule has 1 heterocycles. The molecule has 1 saturated heterocycles. The molecule has 2 atom stereocenters. The third kappa shape index (κ3) is 6.48. The summed E-state index contributed by atoms with van der Waals surface area (Å²) in [5.74, 6) is -0.422. The molecule has 12 heteroatoms. The summed E-state index contributed by atoms with van der Waals surface area (Å²) >= 11 is 1.04. The SMILES string of the molecule is CC(=O)S[C@H]1C[C@@H](CS(N)(=O)=O)N(C(=O)OCc2ccc([N+](=O)[O-])cc2)C1. The number of ether oxygens (including phenoxy) is 1. The van der Waals surface area contributed by atoms with E-state index in [1.807, 2.05) is 0 Å². The zero-order valence-electron chi connectivity index (χ0n) is 14.4. The summed E-state index contributed by atoms with van der Waals surface area (Å²) in [6, 6.07) is 4.84. The van der Waals surface area contributed by atoms with Crippen molar-refractivity contribution >= 4 is 38.7 Å². The number of carbonyl (C=O) groups excluding carboxylic acids is 2. The maximum atomic E-state index is 12.4. The fourth-order valence-electron chi connectivity index (χ4n) is 2.79. The Morgan fingerprint density at radius 3 is 2.52 bits per heavy atom. The number of benzene rings is 1. The summed E-state index contributed by atoms with van der Waals surface area (Å²) in [6.07, 6.45) is -0.415. The Morgan fingerprint density at radius 1 is 1.37 bits per heavy atom. The van der Waals surface area contributed by atoms with Crippen molar-refractivity contribution in [1.29, 1.82) is 0 Å². The highest BCUT2D eigenvalue weighted by Gasteiger charge is 2.39. The smallest absolute Gasteiger partial charge is 0.410 e. The van der Waals surface area contributed by atoms with Crippen LogP contribution in [-0.4, -0.2) is 53.0 Å². The number of rotatable bonds is 6. The van der Waals surface area contributed by atoms with Crippen LogP contribution in [0.1, 0.15) is 18.9 Å². The molecular formula is C15H19N3O7S2. The lowest BCUT2D eigenvalue weighted by atomic mass is 10.2. The van der Waals surface area contributed by atoms with E-state index in [0.29, 0.717) is 12.0 Å². The Morgan fingerprint density at radius 2 is 2.00 bits per heavy atom. The van der Waals surface area contributed by atoms with Gasteiger partial charge in [0.1, 0.15) is 6.61 Å². The minimum atomic E-state index is -3.81. The zero-order chi connectivity index (χ0) is 20.2. The molecular weight excluding hydrogens is 398 g/mol. The molecule has 27 heavy (non-hydrogen) atoms. The number of non-ortho nitro benzene ring substituents is 1. The molecule has 0 spiro atoms. The van der Waals surface area contributed by atoms with E-state index in [9.17, 15) is 28.1 Å². The number of carbonyl (C=O) groups is 2. The monoisotopic (exact) mass is 417 g/mol. The van der Waals surface area contributed by atoms with Crippen LogP contribution in [0.2, 0.25) is 0 Å². The predicted octanol–water partition coefficient (Wildman–Crippen LogP) is 1.24. The van der Waals surface area contributed by atoms with Gasteiger partial charge in [-0.2, -0.15) is 0 Å². The van der Waals surface area contributed by atoms with Gasteiger partial charge >= 0.3 is 6.09 Å². The number of amides is 1. The van der Waals surface area contributed by atoms with Gasteiger partial charge in [-0.3, -0.25) is 14.9 Å². The lowest BCUT2D eigenvalue weighted by molar-refractivity contribution is -0.384. The highest BCUT2D eigenvalue weighted by atomic mass is 32.2. The third-order valence-electron chi connectivity index (χ3n) is 3.88. The van der Waals surface area contributed by atoms with E-state index in [-0.39, 0.29) is 29.2 Å². The van der Waals surface area contributed by atoms with Gasteiger partial charge in [0.2, 0.25) is 10.0 Å². The molecule has 148 valence electrons. The summed E-state index contributed by atoms with van der Waals surface area (Å²) < 4.78 is 28.0. The van der Waals surface area contributed by atoms with Crippen molar-refractivity contribution in [3.05, 3.63) is 39.9 Å². The molecule has 0 saturated carbocycles. The van der Waals surface area contributed by atoms with Crippen molar-refractivity contribution in [3.63, 3.8) is 0 Å². The molecule has 0 aliphatic carbocycles. The Labute approximate surface area is 160 Å². The number of hydrogen-bond acceptors (Lipinski definition) is 8. The summed E-state index contributed by atoms with van der Waals surface area (Å²) in [5.41, 5.74) is 0.465. The first-order valence-corrected chi connectivity index (χ1v) is 10.5. The number of primary sulfonamides is 1. The van der Waals surface area contributed by atoms with Crippen LogP contribution in [-0.2, 0) is 26.2 Å². The molecule has 0 radical (unpaired) electrons. The molecule has 1 aliphatic rings. The first kappa shape index (κ1) is 21.1. The van der Waals surface area contributed by atoms with E-state index in [2.05, 4.69) is 0 Å². The molecule has 0 unspecified atom stereocenters. The Hall–Kier alpha value is -2.18. The van der Waals surface area contributed by atoms with Crippen LogP contribution < -0.4 is 5.14 Å². The number of nitrogens with zero attached hydrogens (tertiary/aromatic N) is 2. The van der Waals surface area contributed by atoms with Gasteiger partial charge in [0.05, 0.1) is 16.7 Å². The average Bonchev–Trinajstić information content (AvgIpc) is 2.92. The van der Waals surface area contributed by atoms with Crippen molar-refractivity contribution in [3.8, 4) is 0 Å². The van der Waals surface area contributed by atoms with Crippen LogP contribution >= 0.6 is 11.8 Å². The van der Waals surface area contributed by atoms with Crippen molar-refractivity contribution < 1.29 is 27.7 Å². The molecule has 1 fully saturated rings. The molecule has 1 aliphatic heterocycles. The molecule has 1 aromatic rings. The lowest BCUT2D eigenvalue weighted by Gasteiger charge is -2.23. The van der Waals surface area contributed by atoms with E-state index >= 15 is 0 Å². The van der Waals surface area contributed by atoms with Crippen molar-refractivity contribution in [2.45, 2.75) is 31.2 Å². The van der Waals surface area contributed by atoms with Crippen molar-refractivity contribution in [1.82, 2.24) is 4.90 Å². The zero-order valence-corrected chi connectivity index (χ0v) is 16.1. The topological polar surface area (TPSA) is 150 Å². The van der Waals surface area contributed by atoms with Gasteiger partial charge in [-0.05, 0) is 24.1 Å². The van der Waals surface area contributed by atoms with Gasteiger partial charge in [0, 0.05) is 30.9 Å². The predicted molar refractivity (Wildman–Crippen MR) is 98.4 cm³/mol. The Kier molecular flexibility index (Phi) is 6.78. The van der Waals surface area contributed by atoms with Gasteiger partial charge in [-0.15, -0.1) is 0 Å². The highest BCUT2D eigenvalue weighted by molar-refractivity contribution is 8.14. The second-order valence-electron chi connectivity index (χ2n) is 6.08. The maximum Gasteiger partial charge on any atom is 0.410 e. The van der Waals surface area contributed by atoms with E-state index in [1.165, 1.54) is 36.1 Å². The summed E-state index contributed by atoms with van der Waals surface area (Å²) in [6.45, 7) is 1.44. The molecule has 0 bridgehead atoms. The number of nitro benzene ring substituents is 1. The van der Waals surface area contributed by atoms with Crippen molar-refractivity contribution in [2.24, 2.45) is 5.14 Å². The number of sulfonamides is 1. The van der Waals surface area contributed by atoms with E-state index in [4.69, 9.17) is 9.88 Å². The van der Waals surface area contributed by atoms with E-state index < -0.39 is 32.8 Å². The van der Waals surface area contributed by atoms with Crippen LogP contribution in [0.3, 0.4) is 0 Å². The highest BCUT2D eigenvalue weighted by Crippen LogP contribution is 2.29. The van der Waals surface area contributed by atoms with Crippen LogP contribution in [0.5, 0.6) is 0 Å². The fraction of sp³-hybridized carbons (Fsp3) is 0.467. The summed E-state index contributed by atoms with van der Waals surface area (Å²) in [4.78, 5) is 35.0. The summed E-state index contributed by atoms with van der Waals surface area (Å²) in [7, 11) is -3.81. The number of hydrogen-bond donors (Lipinski definition) is 1. The van der Waals surface area contributed by atoms with Gasteiger partial charge < -0.3 is 9.64 Å². The van der Waals surface area contributed by atoms with Crippen molar-refractivity contribution in [2.75, 3.05) is 12.3 Å². The fourth-order valence-corrected chi connectivity index (χ4v) is 4.66. The Bertz CT molecular complexity index is 826. The number of nitro groups is 1. The quantitative estimate of drug-likeness (QED) is 0.536. The molecule has 10 nitrogen and oxygen atoms in total. The minimum Gasteiger partial charge on any atom is -0.445 e. The molecule has 1 aromatic carbocycles. The minimum absolute atomic E-state index is 0.0815. The standard InChI is InChI=1S/C15H19N3O7S2/c1-10(19)26-14-6-13(9-27(16,23)24)17(7-14)15(20)25-8-11-2-4-12(5-3-11)18(21)22/h2-5,13-14H,6-9H2,1H3,(H2,16,23,24)/t13-,14-/m0/s1. The maximum absolute atomic E-state index is 12.4. The average molecular weight is 417 g/mol. The van der Waals surface area contributed by atoms with Gasteiger partial charge in [0.25, 0.3) is 5.69 Å². The number of likely N-dealkylation sites (tertiary alicyclic amines) is 1. The molecule has 1 amide bonds. The number of thioether (sulfide) groups is 1. The Balaban J connectivity index is 2.02. The molecule has 2 N–H and O–H groups in total. The van der Waals surface area contributed by atoms with Gasteiger partial charge in [-0.1, -0.05) is 11.8 Å². The van der Waals surface area contributed by atoms with Gasteiger partial charge in [0.15, 0.2) is 5.12 Å². The van der Waals surface area contributed by atoms with Crippen LogP contribution in [0, 0.1) is 10.1 Å². The first-order chi connectivity index (χ1) is 12.5. The second-order valence-corrected chi connectivity index (χ2v) is 9.22. The van der Waals surface area contributed by atoms with Gasteiger partial charge in [-0.25, -0.2) is 18.4 Å². The second kappa shape index (κ2) is 8.67. The third-order valence-corrected chi connectivity index (χ3v) is 5.73. The van der Waals surface area contributed by atoms with Crippen LogP contribution in [0.4, 0.5) is 10.5 Å². The summed E-state index contributed by atoms with van der Waals surface area (Å²) in [5, 5.41) is 15.4. The lowest BCUT2D eigenvalue weighted by Crippen LogP contribution is -2.41. The van der Waals surface area contributed by atoms with E-state index in [1.54, 1.807) is 0 Å². The molecule has 0 aromatic heterocycles. The molecule has 2 rings (SSSR count).